The summed E-state index contributed by atoms with van der Waals surface area (Å²) < 4.78 is 27.2. The van der Waals surface area contributed by atoms with Crippen molar-refractivity contribution in [3.8, 4) is 5.75 Å². The first-order valence-corrected chi connectivity index (χ1v) is 6.14. The molecule has 90 valence electrons. The number of hydrogen-bond donors (Lipinski definition) is 2. The summed E-state index contributed by atoms with van der Waals surface area (Å²) in [4.78, 5) is 10.7. The standard InChI is InChI=1S/C10H9NO5S/c1-5-2-10(13)16-8-4-7(12)9(3-6(5)8)17(11,14)15/h2-4,12H,1H3,(H2,11,14,15). The average molecular weight is 255 g/mol. The molecule has 0 aliphatic rings. The lowest BCUT2D eigenvalue weighted by atomic mass is 10.1. The highest BCUT2D eigenvalue weighted by Crippen LogP contribution is 2.28. The minimum Gasteiger partial charge on any atom is -0.506 e. The molecule has 0 atom stereocenters. The topological polar surface area (TPSA) is 111 Å². The molecule has 1 heterocycles. The predicted molar refractivity (Wildman–Crippen MR) is 60.3 cm³/mol. The Hall–Kier alpha value is -1.86. The van der Waals surface area contributed by atoms with Crippen LogP contribution in [-0.4, -0.2) is 13.5 Å². The van der Waals surface area contributed by atoms with E-state index in [1.54, 1.807) is 6.92 Å². The Kier molecular flexibility index (Phi) is 2.44. The first-order chi connectivity index (χ1) is 7.79. The zero-order valence-corrected chi connectivity index (χ0v) is 9.61. The molecular weight excluding hydrogens is 246 g/mol. The molecule has 0 unspecified atom stereocenters. The van der Waals surface area contributed by atoms with Crippen LogP contribution in [0.2, 0.25) is 0 Å². The van der Waals surface area contributed by atoms with Gasteiger partial charge in [0.25, 0.3) is 0 Å². The largest absolute Gasteiger partial charge is 0.506 e. The van der Waals surface area contributed by atoms with E-state index in [4.69, 9.17) is 9.56 Å². The summed E-state index contributed by atoms with van der Waals surface area (Å²) in [5.74, 6) is -0.547. The van der Waals surface area contributed by atoms with E-state index >= 15 is 0 Å². The van der Waals surface area contributed by atoms with Gasteiger partial charge in [-0.05, 0) is 18.6 Å². The van der Waals surface area contributed by atoms with E-state index in [-0.39, 0.29) is 5.58 Å². The van der Waals surface area contributed by atoms with Gasteiger partial charge in [0.05, 0.1) is 0 Å². The molecule has 0 aliphatic heterocycles. The van der Waals surface area contributed by atoms with Gasteiger partial charge < -0.3 is 9.52 Å². The van der Waals surface area contributed by atoms with Crippen LogP contribution in [0.4, 0.5) is 0 Å². The SMILES string of the molecule is Cc1cc(=O)oc2cc(O)c(S(N)(=O)=O)cc12. The van der Waals surface area contributed by atoms with Gasteiger partial charge in [0.15, 0.2) is 0 Å². The molecule has 1 aromatic carbocycles. The number of phenols is 1. The molecule has 0 saturated heterocycles. The van der Waals surface area contributed by atoms with Gasteiger partial charge in [-0.3, -0.25) is 0 Å². The fraction of sp³-hybridized carbons (Fsp3) is 0.100. The molecule has 0 saturated carbocycles. The van der Waals surface area contributed by atoms with Crippen molar-refractivity contribution in [3.05, 3.63) is 34.2 Å². The van der Waals surface area contributed by atoms with Crippen LogP contribution in [0.5, 0.6) is 5.75 Å². The summed E-state index contributed by atoms with van der Waals surface area (Å²) in [5, 5.41) is 14.9. The van der Waals surface area contributed by atoms with Gasteiger partial charge in [0, 0.05) is 17.5 Å². The maximum atomic E-state index is 11.2. The molecule has 1 aromatic heterocycles. The van der Waals surface area contributed by atoms with E-state index in [0.717, 1.165) is 6.07 Å². The Bertz CT molecular complexity index is 760. The number of sulfonamides is 1. The summed E-state index contributed by atoms with van der Waals surface area (Å²) >= 11 is 0. The van der Waals surface area contributed by atoms with Gasteiger partial charge in [-0.2, -0.15) is 0 Å². The molecule has 2 aromatic rings. The highest BCUT2D eigenvalue weighted by Gasteiger charge is 2.16. The number of primary sulfonamides is 1. The molecule has 0 aliphatic carbocycles. The van der Waals surface area contributed by atoms with Gasteiger partial charge in [-0.1, -0.05) is 0 Å². The molecule has 6 nitrogen and oxygen atoms in total. The Balaban J connectivity index is 2.96. The molecule has 7 heteroatoms. The fourth-order valence-electron chi connectivity index (χ4n) is 1.56. The Morgan fingerprint density at radius 3 is 2.53 bits per heavy atom. The van der Waals surface area contributed by atoms with Crippen molar-refractivity contribution in [2.75, 3.05) is 0 Å². The lowest BCUT2D eigenvalue weighted by molar-refractivity contribution is 0.457. The second-order valence-corrected chi connectivity index (χ2v) is 5.14. The average Bonchev–Trinajstić information content (AvgIpc) is 2.13. The molecular formula is C10H9NO5S. The summed E-state index contributed by atoms with van der Waals surface area (Å²) in [6.45, 7) is 1.63. The zero-order valence-electron chi connectivity index (χ0n) is 8.80. The third kappa shape index (κ3) is 2.02. The monoisotopic (exact) mass is 255 g/mol. The normalized spacial score (nSPS) is 11.9. The van der Waals surface area contributed by atoms with Gasteiger partial charge in [-0.25, -0.2) is 18.4 Å². The van der Waals surface area contributed by atoms with Crippen molar-refractivity contribution in [1.82, 2.24) is 0 Å². The first kappa shape index (κ1) is 11.6. The Morgan fingerprint density at radius 2 is 1.94 bits per heavy atom. The summed E-state index contributed by atoms with van der Waals surface area (Å²) in [5.41, 5.74) is 0.0822. The van der Waals surface area contributed by atoms with Crippen LogP contribution in [-0.2, 0) is 10.0 Å². The third-order valence-electron chi connectivity index (χ3n) is 2.34. The van der Waals surface area contributed by atoms with Gasteiger partial charge >= 0.3 is 5.63 Å². The molecule has 0 spiro atoms. The number of benzene rings is 1. The molecule has 0 bridgehead atoms. The number of aryl methyl sites for hydroxylation is 1. The smallest absolute Gasteiger partial charge is 0.336 e. The maximum absolute atomic E-state index is 11.2. The molecule has 2 rings (SSSR count). The summed E-state index contributed by atoms with van der Waals surface area (Å²) in [7, 11) is -4.02. The van der Waals surface area contributed by atoms with E-state index in [1.807, 2.05) is 0 Å². The molecule has 0 fully saturated rings. The van der Waals surface area contributed by atoms with Crippen molar-refractivity contribution in [1.29, 1.82) is 0 Å². The number of phenolic OH excluding ortho intramolecular Hbond substituents is 1. The first-order valence-electron chi connectivity index (χ1n) is 4.59. The molecule has 3 N–H and O–H groups in total. The van der Waals surface area contributed by atoms with E-state index in [0.29, 0.717) is 10.9 Å². The van der Waals surface area contributed by atoms with E-state index in [9.17, 15) is 18.3 Å². The molecule has 0 amide bonds. The van der Waals surface area contributed by atoms with Crippen molar-refractivity contribution in [2.45, 2.75) is 11.8 Å². The van der Waals surface area contributed by atoms with E-state index in [2.05, 4.69) is 0 Å². The third-order valence-corrected chi connectivity index (χ3v) is 3.28. The highest BCUT2D eigenvalue weighted by molar-refractivity contribution is 7.89. The van der Waals surface area contributed by atoms with Crippen molar-refractivity contribution < 1.29 is 17.9 Å². The number of fused-ring (bicyclic) bond motifs is 1. The van der Waals surface area contributed by atoms with Crippen LogP contribution in [0, 0.1) is 6.92 Å². The second kappa shape index (κ2) is 3.57. The van der Waals surface area contributed by atoms with Crippen molar-refractivity contribution >= 4 is 21.0 Å². The highest BCUT2D eigenvalue weighted by atomic mass is 32.2. The molecule has 0 radical (unpaired) electrons. The Morgan fingerprint density at radius 1 is 1.29 bits per heavy atom. The van der Waals surface area contributed by atoms with Gasteiger partial charge in [-0.15, -0.1) is 0 Å². The van der Waals surface area contributed by atoms with Crippen LogP contribution in [0.3, 0.4) is 0 Å². The molecule has 17 heavy (non-hydrogen) atoms. The number of hydrogen-bond acceptors (Lipinski definition) is 5. The Labute approximate surface area is 96.3 Å². The number of aromatic hydroxyl groups is 1. The second-order valence-electron chi connectivity index (χ2n) is 3.61. The summed E-state index contributed by atoms with van der Waals surface area (Å²) in [6.07, 6.45) is 0. The van der Waals surface area contributed by atoms with Crippen LogP contribution in [0.15, 0.2) is 32.3 Å². The quantitative estimate of drug-likeness (QED) is 0.719. The van der Waals surface area contributed by atoms with Gasteiger partial charge in [0.2, 0.25) is 10.0 Å². The number of rotatable bonds is 1. The summed E-state index contributed by atoms with van der Waals surface area (Å²) in [6, 6.07) is 3.47. The lowest BCUT2D eigenvalue weighted by Gasteiger charge is -2.05. The van der Waals surface area contributed by atoms with Crippen LogP contribution in [0.25, 0.3) is 11.0 Å². The van der Waals surface area contributed by atoms with Crippen LogP contribution >= 0.6 is 0 Å². The van der Waals surface area contributed by atoms with Crippen molar-refractivity contribution in [3.63, 3.8) is 0 Å². The van der Waals surface area contributed by atoms with Crippen LogP contribution in [0.1, 0.15) is 5.56 Å². The minimum atomic E-state index is -4.02. The van der Waals surface area contributed by atoms with E-state index in [1.165, 1.54) is 12.1 Å². The maximum Gasteiger partial charge on any atom is 0.336 e. The van der Waals surface area contributed by atoms with Crippen molar-refractivity contribution in [2.24, 2.45) is 5.14 Å². The van der Waals surface area contributed by atoms with Crippen LogP contribution < -0.4 is 10.8 Å². The fourth-order valence-corrected chi connectivity index (χ4v) is 2.19. The number of nitrogens with two attached hydrogens (primary N) is 1. The predicted octanol–water partition coefficient (Wildman–Crippen LogP) is 0.454. The lowest BCUT2D eigenvalue weighted by Crippen LogP contribution is -2.12. The minimum absolute atomic E-state index is 0.111. The zero-order chi connectivity index (χ0) is 12.8. The van der Waals surface area contributed by atoms with E-state index < -0.39 is 26.3 Å². The van der Waals surface area contributed by atoms with Gasteiger partial charge in [0.1, 0.15) is 16.2 Å².